The summed E-state index contributed by atoms with van der Waals surface area (Å²) >= 11 is 5.89. The van der Waals surface area contributed by atoms with Crippen molar-refractivity contribution in [2.75, 3.05) is 13.1 Å². The van der Waals surface area contributed by atoms with Crippen molar-refractivity contribution >= 4 is 25.1 Å². The zero-order valence-corrected chi connectivity index (χ0v) is 16.5. The van der Waals surface area contributed by atoms with Gasteiger partial charge in [0, 0.05) is 6.04 Å². The molecule has 4 N–H and O–H groups in total. The van der Waals surface area contributed by atoms with Crippen LogP contribution in [0.2, 0.25) is 11.3 Å². The Morgan fingerprint density at radius 3 is 2.67 bits per heavy atom. The Labute approximate surface area is 166 Å². The SMILES string of the molecule is CC(c1ccc(F)c(Cl)c1)N1CCC(C(N)(CCCC[B]O)C(=O)O)CC1. The van der Waals surface area contributed by atoms with Crippen LogP contribution in [0.1, 0.15) is 50.6 Å². The fourth-order valence-corrected chi connectivity index (χ4v) is 4.11. The molecule has 0 bridgehead atoms. The van der Waals surface area contributed by atoms with Crippen LogP contribution in [0, 0.1) is 11.7 Å². The zero-order valence-electron chi connectivity index (χ0n) is 15.7. The second-order valence-electron chi connectivity index (χ2n) is 7.43. The lowest BCUT2D eigenvalue weighted by molar-refractivity contribution is -0.147. The number of carboxylic acids is 1. The number of halogens is 2. The van der Waals surface area contributed by atoms with Crippen LogP contribution in [-0.2, 0) is 4.79 Å². The van der Waals surface area contributed by atoms with Crippen LogP contribution in [0.25, 0.3) is 0 Å². The normalized spacial score (nSPS) is 19.4. The Balaban J connectivity index is 1.97. The molecule has 1 fully saturated rings. The third kappa shape index (κ3) is 5.44. The van der Waals surface area contributed by atoms with Crippen molar-refractivity contribution < 1.29 is 19.3 Å². The van der Waals surface area contributed by atoms with Gasteiger partial charge in [-0.3, -0.25) is 9.69 Å². The molecular formula is C19H28BClFN2O3. The number of aliphatic carboxylic acids is 1. The van der Waals surface area contributed by atoms with Gasteiger partial charge in [-0.25, -0.2) is 4.39 Å². The van der Waals surface area contributed by atoms with E-state index < -0.39 is 17.3 Å². The summed E-state index contributed by atoms with van der Waals surface area (Å²) in [7, 11) is 1.10. The summed E-state index contributed by atoms with van der Waals surface area (Å²) in [6.45, 7) is 3.51. The smallest absolute Gasteiger partial charge is 0.323 e. The summed E-state index contributed by atoms with van der Waals surface area (Å²) in [5.41, 5.74) is 6.03. The summed E-state index contributed by atoms with van der Waals surface area (Å²) in [5, 5.41) is 18.6. The molecule has 1 aliphatic heterocycles. The fourth-order valence-electron chi connectivity index (χ4n) is 3.92. The summed E-state index contributed by atoms with van der Waals surface area (Å²) < 4.78 is 13.4. The van der Waals surface area contributed by atoms with Crippen molar-refractivity contribution in [2.45, 2.75) is 56.9 Å². The maximum Gasteiger partial charge on any atom is 0.323 e. The number of carboxylic acid groups (broad SMARTS) is 1. The van der Waals surface area contributed by atoms with Crippen LogP contribution in [0.5, 0.6) is 0 Å². The summed E-state index contributed by atoms with van der Waals surface area (Å²) in [5.74, 6) is -1.47. The molecule has 1 aromatic carbocycles. The maximum absolute atomic E-state index is 13.4. The van der Waals surface area contributed by atoms with E-state index in [0.717, 1.165) is 32.6 Å². The van der Waals surface area contributed by atoms with Crippen molar-refractivity contribution in [3.8, 4) is 0 Å². The number of piperidine rings is 1. The Hall–Kier alpha value is -1.15. The quantitative estimate of drug-likeness (QED) is 0.440. The summed E-state index contributed by atoms with van der Waals surface area (Å²) in [6.07, 6.45) is 3.76. The highest BCUT2D eigenvalue weighted by Crippen LogP contribution is 2.34. The minimum atomic E-state index is -1.23. The standard InChI is InChI=1S/C19H28BClFN2O3/c1-13(14-4-5-17(22)16(21)12-14)24-10-6-15(7-11-24)19(23,18(25)26)8-2-3-9-20-27/h4-5,12-13,15,27H,2-3,6-11,23H2,1H3,(H,25,26). The first-order valence-electron chi connectivity index (χ1n) is 9.46. The molecule has 2 rings (SSSR count). The number of likely N-dealkylation sites (tertiary alicyclic amines) is 1. The van der Waals surface area contributed by atoms with E-state index >= 15 is 0 Å². The average molecular weight is 398 g/mol. The van der Waals surface area contributed by atoms with Gasteiger partial charge >= 0.3 is 5.97 Å². The van der Waals surface area contributed by atoms with E-state index in [9.17, 15) is 14.3 Å². The van der Waals surface area contributed by atoms with Gasteiger partial charge in [0.2, 0.25) is 0 Å². The van der Waals surface area contributed by atoms with Gasteiger partial charge < -0.3 is 15.9 Å². The summed E-state index contributed by atoms with van der Waals surface area (Å²) in [4.78, 5) is 14.1. The highest BCUT2D eigenvalue weighted by atomic mass is 35.5. The van der Waals surface area contributed by atoms with E-state index in [-0.39, 0.29) is 17.0 Å². The molecule has 149 valence electrons. The minimum absolute atomic E-state index is 0.0705. The van der Waals surface area contributed by atoms with Gasteiger partial charge in [-0.2, -0.15) is 0 Å². The van der Waals surface area contributed by atoms with E-state index in [0.29, 0.717) is 32.0 Å². The number of hydrogen-bond acceptors (Lipinski definition) is 4. The first kappa shape index (κ1) is 22.1. The Bertz CT molecular complexity index is 643. The van der Waals surface area contributed by atoms with Crippen molar-refractivity contribution in [3.05, 3.63) is 34.6 Å². The van der Waals surface area contributed by atoms with E-state index in [4.69, 9.17) is 22.4 Å². The van der Waals surface area contributed by atoms with E-state index in [2.05, 4.69) is 4.90 Å². The molecule has 2 unspecified atom stereocenters. The van der Waals surface area contributed by atoms with Crippen LogP contribution in [0.4, 0.5) is 4.39 Å². The van der Waals surface area contributed by atoms with Crippen molar-refractivity contribution in [2.24, 2.45) is 11.7 Å². The highest BCUT2D eigenvalue weighted by molar-refractivity contribution is 6.30. The molecule has 0 aromatic heterocycles. The number of rotatable bonds is 9. The van der Waals surface area contributed by atoms with E-state index in [1.807, 2.05) is 6.92 Å². The molecule has 1 saturated heterocycles. The molecule has 1 aliphatic rings. The highest BCUT2D eigenvalue weighted by Gasteiger charge is 2.43. The molecule has 0 spiro atoms. The molecular weight excluding hydrogens is 369 g/mol. The predicted octanol–water partition coefficient (Wildman–Crippen LogP) is 3.23. The van der Waals surface area contributed by atoms with Crippen LogP contribution in [0.15, 0.2) is 18.2 Å². The second-order valence-corrected chi connectivity index (χ2v) is 7.84. The lowest BCUT2D eigenvalue weighted by Gasteiger charge is -2.42. The maximum atomic E-state index is 13.4. The first-order chi connectivity index (χ1) is 12.8. The number of unbranched alkanes of at least 4 members (excludes halogenated alkanes) is 1. The van der Waals surface area contributed by atoms with Crippen molar-refractivity contribution in [1.82, 2.24) is 4.90 Å². The van der Waals surface area contributed by atoms with Crippen LogP contribution in [-0.4, -0.2) is 47.1 Å². The van der Waals surface area contributed by atoms with Gasteiger partial charge in [0.05, 0.1) is 5.02 Å². The van der Waals surface area contributed by atoms with Crippen LogP contribution < -0.4 is 5.73 Å². The molecule has 1 heterocycles. The van der Waals surface area contributed by atoms with Gasteiger partial charge in [-0.15, -0.1) is 0 Å². The second kappa shape index (κ2) is 9.87. The van der Waals surface area contributed by atoms with E-state index in [1.54, 1.807) is 12.1 Å². The Morgan fingerprint density at radius 1 is 1.44 bits per heavy atom. The number of carbonyl (C=O) groups is 1. The minimum Gasteiger partial charge on any atom is -0.480 e. The largest absolute Gasteiger partial charge is 0.480 e. The Morgan fingerprint density at radius 2 is 2.11 bits per heavy atom. The molecule has 1 radical (unpaired) electrons. The number of nitrogens with two attached hydrogens (primary N) is 1. The monoisotopic (exact) mass is 397 g/mol. The predicted molar refractivity (Wildman–Crippen MR) is 105 cm³/mol. The van der Waals surface area contributed by atoms with Gasteiger partial charge in [-0.1, -0.05) is 36.8 Å². The number of benzene rings is 1. The molecule has 1 aromatic rings. The van der Waals surface area contributed by atoms with Crippen LogP contribution >= 0.6 is 11.6 Å². The van der Waals surface area contributed by atoms with Gasteiger partial charge in [-0.05, 0) is 62.9 Å². The molecule has 5 nitrogen and oxygen atoms in total. The lowest BCUT2D eigenvalue weighted by Crippen LogP contribution is -2.57. The van der Waals surface area contributed by atoms with Gasteiger partial charge in [0.15, 0.2) is 0 Å². The molecule has 27 heavy (non-hydrogen) atoms. The van der Waals surface area contributed by atoms with Gasteiger partial charge in [0.1, 0.15) is 11.4 Å². The third-order valence-corrected chi connectivity index (χ3v) is 6.09. The fraction of sp³-hybridized carbons (Fsp3) is 0.632. The third-order valence-electron chi connectivity index (χ3n) is 5.80. The Kier molecular flexibility index (Phi) is 8.10. The number of hydrogen-bond donors (Lipinski definition) is 3. The topological polar surface area (TPSA) is 86.8 Å². The molecule has 2 atom stereocenters. The average Bonchev–Trinajstić information content (AvgIpc) is 2.66. The van der Waals surface area contributed by atoms with Gasteiger partial charge in [0.25, 0.3) is 7.48 Å². The lowest BCUT2D eigenvalue weighted by atomic mass is 9.74. The molecule has 0 aliphatic carbocycles. The first-order valence-corrected chi connectivity index (χ1v) is 9.84. The summed E-state index contributed by atoms with van der Waals surface area (Å²) in [6, 6.07) is 4.83. The molecule has 0 amide bonds. The zero-order chi connectivity index (χ0) is 20.0. The molecule has 0 saturated carbocycles. The van der Waals surface area contributed by atoms with E-state index in [1.165, 1.54) is 6.07 Å². The number of nitrogens with zero attached hydrogens (tertiary/aromatic N) is 1. The molecule has 8 heteroatoms. The van der Waals surface area contributed by atoms with Crippen molar-refractivity contribution in [3.63, 3.8) is 0 Å². The van der Waals surface area contributed by atoms with Crippen molar-refractivity contribution in [1.29, 1.82) is 0 Å². The van der Waals surface area contributed by atoms with Crippen LogP contribution in [0.3, 0.4) is 0 Å².